The highest BCUT2D eigenvalue weighted by Gasteiger charge is 2.11. The maximum atomic E-state index is 11.9. The predicted molar refractivity (Wildman–Crippen MR) is 99.2 cm³/mol. The van der Waals surface area contributed by atoms with Crippen molar-refractivity contribution in [2.45, 2.75) is 13.5 Å². The number of para-hydroxylation sites is 1. The van der Waals surface area contributed by atoms with Gasteiger partial charge >= 0.3 is 5.97 Å². The van der Waals surface area contributed by atoms with Gasteiger partial charge in [0.05, 0.1) is 7.11 Å². The molecule has 0 saturated carbocycles. The lowest BCUT2D eigenvalue weighted by Gasteiger charge is -2.11. The van der Waals surface area contributed by atoms with Crippen LogP contribution in [0.25, 0.3) is 17.0 Å². The number of hydrogen-bond acceptors (Lipinski definition) is 5. The third-order valence-electron chi connectivity index (χ3n) is 3.74. The van der Waals surface area contributed by atoms with E-state index in [1.807, 2.05) is 61.5 Å². The van der Waals surface area contributed by atoms with Crippen LogP contribution in [0, 0.1) is 0 Å². The van der Waals surface area contributed by atoms with E-state index in [1.54, 1.807) is 13.2 Å². The van der Waals surface area contributed by atoms with Gasteiger partial charge < -0.3 is 18.6 Å². The molecule has 5 nitrogen and oxygen atoms in total. The molecule has 0 spiro atoms. The first kappa shape index (κ1) is 17.6. The number of allylic oxidation sites excluding steroid dienone is 1. The topological polar surface area (TPSA) is 57.9 Å². The molecule has 5 heteroatoms. The summed E-state index contributed by atoms with van der Waals surface area (Å²) in [6, 6.07) is 15.0. The van der Waals surface area contributed by atoms with Gasteiger partial charge in [-0.15, -0.1) is 0 Å². The Kier molecular flexibility index (Phi) is 5.59. The second kappa shape index (κ2) is 8.25. The second-order valence-corrected chi connectivity index (χ2v) is 5.61. The summed E-state index contributed by atoms with van der Waals surface area (Å²) >= 11 is 0. The Balaban J connectivity index is 1.55. The second-order valence-electron chi connectivity index (χ2n) is 5.61. The summed E-state index contributed by atoms with van der Waals surface area (Å²) in [7, 11) is 1.56. The third kappa shape index (κ3) is 4.25. The molecule has 0 aliphatic heterocycles. The number of benzene rings is 2. The van der Waals surface area contributed by atoms with Crippen LogP contribution in [0.4, 0.5) is 0 Å². The average Bonchev–Trinajstić information content (AvgIpc) is 3.08. The van der Waals surface area contributed by atoms with Gasteiger partial charge in [-0.3, -0.25) is 0 Å². The monoisotopic (exact) mass is 352 g/mol. The van der Waals surface area contributed by atoms with Gasteiger partial charge in [-0.1, -0.05) is 36.4 Å². The number of carbonyl (C=O) groups is 1. The molecule has 3 rings (SSSR count). The number of fused-ring (bicyclic) bond motifs is 1. The summed E-state index contributed by atoms with van der Waals surface area (Å²) in [4.78, 5) is 11.9. The number of furan rings is 1. The van der Waals surface area contributed by atoms with Gasteiger partial charge in [0.25, 0.3) is 0 Å². The zero-order valence-electron chi connectivity index (χ0n) is 14.7. The van der Waals surface area contributed by atoms with Crippen molar-refractivity contribution >= 4 is 23.0 Å². The van der Waals surface area contributed by atoms with E-state index in [-0.39, 0.29) is 13.2 Å². The number of hydrogen-bond donors (Lipinski definition) is 0. The van der Waals surface area contributed by atoms with E-state index in [9.17, 15) is 4.79 Å². The van der Waals surface area contributed by atoms with Crippen molar-refractivity contribution in [2.24, 2.45) is 0 Å². The lowest BCUT2D eigenvalue weighted by molar-refractivity contribution is -0.147. The van der Waals surface area contributed by atoms with E-state index in [0.29, 0.717) is 17.3 Å². The van der Waals surface area contributed by atoms with Crippen LogP contribution in [0.1, 0.15) is 18.2 Å². The lowest BCUT2D eigenvalue weighted by atomic mass is 10.2. The molecule has 0 unspecified atom stereocenters. The summed E-state index contributed by atoms with van der Waals surface area (Å²) in [5, 5.41) is 0.973. The van der Waals surface area contributed by atoms with Crippen LogP contribution in [0.2, 0.25) is 0 Å². The quantitative estimate of drug-likeness (QED) is 0.582. The van der Waals surface area contributed by atoms with Crippen molar-refractivity contribution in [3.05, 3.63) is 65.9 Å². The van der Waals surface area contributed by atoms with Crippen LogP contribution in [0.15, 0.2) is 59.0 Å². The molecule has 3 aromatic rings. The van der Waals surface area contributed by atoms with Gasteiger partial charge in [0.1, 0.15) is 18.0 Å². The number of esters is 1. The van der Waals surface area contributed by atoms with Crippen molar-refractivity contribution in [3.8, 4) is 11.5 Å². The Bertz CT molecular complexity index is 890. The zero-order valence-corrected chi connectivity index (χ0v) is 14.7. The summed E-state index contributed by atoms with van der Waals surface area (Å²) in [5.41, 5.74) is 1.75. The maximum absolute atomic E-state index is 11.9. The van der Waals surface area contributed by atoms with E-state index >= 15 is 0 Å². The van der Waals surface area contributed by atoms with E-state index in [0.717, 1.165) is 16.5 Å². The molecule has 0 atom stereocenters. The smallest absolute Gasteiger partial charge is 0.344 e. The molecule has 0 bridgehead atoms. The van der Waals surface area contributed by atoms with E-state index in [4.69, 9.17) is 18.6 Å². The molecule has 26 heavy (non-hydrogen) atoms. The Labute approximate surface area is 151 Å². The maximum Gasteiger partial charge on any atom is 0.344 e. The molecule has 0 aliphatic rings. The van der Waals surface area contributed by atoms with Crippen molar-refractivity contribution in [3.63, 3.8) is 0 Å². The van der Waals surface area contributed by atoms with Crippen LogP contribution in [0.3, 0.4) is 0 Å². The number of carbonyl (C=O) groups excluding carboxylic acids is 1. The molecule has 0 N–H and O–H groups in total. The van der Waals surface area contributed by atoms with Crippen LogP contribution >= 0.6 is 0 Å². The highest BCUT2D eigenvalue weighted by atomic mass is 16.6. The van der Waals surface area contributed by atoms with Crippen molar-refractivity contribution in [1.29, 1.82) is 0 Å². The third-order valence-corrected chi connectivity index (χ3v) is 3.74. The zero-order chi connectivity index (χ0) is 18.4. The fourth-order valence-corrected chi connectivity index (χ4v) is 2.54. The van der Waals surface area contributed by atoms with Gasteiger partial charge in [-0.2, -0.15) is 0 Å². The van der Waals surface area contributed by atoms with Gasteiger partial charge in [0.15, 0.2) is 18.1 Å². The summed E-state index contributed by atoms with van der Waals surface area (Å²) in [6.07, 6.45) is 3.89. The minimum absolute atomic E-state index is 0.0637. The molecular weight excluding hydrogens is 332 g/mol. The molecule has 0 saturated heterocycles. The van der Waals surface area contributed by atoms with Crippen LogP contribution in [-0.4, -0.2) is 19.7 Å². The van der Waals surface area contributed by atoms with Gasteiger partial charge in [-0.25, -0.2) is 4.79 Å². The van der Waals surface area contributed by atoms with E-state index in [1.165, 1.54) is 0 Å². The SMILES string of the molecule is C/C=C/c1ccc(OCC(=O)OCc2cc3ccccc3o2)c(OC)c1. The normalized spacial score (nSPS) is 11.0. The van der Waals surface area contributed by atoms with Gasteiger partial charge in [0.2, 0.25) is 0 Å². The largest absolute Gasteiger partial charge is 0.493 e. The van der Waals surface area contributed by atoms with Crippen LogP contribution < -0.4 is 9.47 Å². The predicted octanol–water partition coefficient (Wildman–Crippen LogP) is 4.60. The van der Waals surface area contributed by atoms with Gasteiger partial charge in [-0.05, 0) is 36.8 Å². The Morgan fingerprint density at radius 3 is 2.73 bits per heavy atom. The number of rotatable bonds is 7. The minimum Gasteiger partial charge on any atom is -0.493 e. The number of ether oxygens (including phenoxy) is 3. The fraction of sp³-hybridized carbons (Fsp3) is 0.190. The van der Waals surface area contributed by atoms with Gasteiger partial charge in [0, 0.05) is 5.39 Å². The molecule has 0 radical (unpaired) electrons. The first-order valence-corrected chi connectivity index (χ1v) is 8.26. The molecule has 2 aromatic carbocycles. The first-order chi connectivity index (χ1) is 12.7. The fourth-order valence-electron chi connectivity index (χ4n) is 2.54. The average molecular weight is 352 g/mol. The Morgan fingerprint density at radius 2 is 1.96 bits per heavy atom. The minimum atomic E-state index is -0.481. The summed E-state index contributed by atoms with van der Waals surface area (Å²) in [5.74, 6) is 1.16. The molecule has 0 aliphatic carbocycles. The number of methoxy groups -OCH3 is 1. The van der Waals surface area contributed by atoms with Crippen molar-refractivity contribution in [1.82, 2.24) is 0 Å². The van der Waals surface area contributed by atoms with E-state index < -0.39 is 5.97 Å². The standard InChI is InChI=1S/C21H20O5/c1-3-6-15-9-10-19(20(11-15)23-2)24-14-21(22)25-13-17-12-16-7-4-5-8-18(16)26-17/h3-12H,13-14H2,1-2H3/b6-3+. The Morgan fingerprint density at radius 1 is 1.12 bits per heavy atom. The molecule has 1 heterocycles. The highest BCUT2D eigenvalue weighted by Crippen LogP contribution is 2.28. The molecule has 1 aromatic heterocycles. The van der Waals surface area contributed by atoms with Crippen molar-refractivity contribution < 1.29 is 23.4 Å². The Hall–Kier alpha value is -3.21. The summed E-state index contributed by atoms with van der Waals surface area (Å²) in [6.45, 7) is 1.79. The lowest BCUT2D eigenvalue weighted by Crippen LogP contribution is -2.15. The van der Waals surface area contributed by atoms with Crippen LogP contribution in [-0.2, 0) is 16.1 Å². The first-order valence-electron chi connectivity index (χ1n) is 8.26. The summed E-state index contributed by atoms with van der Waals surface area (Å²) < 4.78 is 21.6. The molecule has 134 valence electrons. The molecule has 0 amide bonds. The molecule has 0 fully saturated rings. The highest BCUT2D eigenvalue weighted by molar-refractivity contribution is 5.77. The van der Waals surface area contributed by atoms with E-state index in [2.05, 4.69) is 0 Å². The molecular formula is C21H20O5. The van der Waals surface area contributed by atoms with Crippen LogP contribution in [0.5, 0.6) is 11.5 Å². The van der Waals surface area contributed by atoms with Crippen molar-refractivity contribution in [2.75, 3.05) is 13.7 Å².